The van der Waals surface area contributed by atoms with E-state index in [2.05, 4.69) is 9.80 Å². The third-order valence-electron chi connectivity index (χ3n) is 5.20. The molecule has 0 atom stereocenters. The number of hydrogen-bond donors (Lipinski definition) is 1. The molecule has 0 amide bonds. The molecule has 2 aliphatic heterocycles. The Kier molecular flexibility index (Phi) is 6.58. The summed E-state index contributed by atoms with van der Waals surface area (Å²) in [5.74, 6) is -2.68. The maximum Gasteiger partial charge on any atom is 0.355 e. The van der Waals surface area contributed by atoms with Gasteiger partial charge in [-0.25, -0.2) is 14.4 Å². The summed E-state index contributed by atoms with van der Waals surface area (Å²) in [6, 6.07) is 4.99. The molecule has 0 aliphatic carbocycles. The second kappa shape index (κ2) is 9.14. The van der Waals surface area contributed by atoms with Gasteiger partial charge in [-0.2, -0.15) is 0 Å². The maximum atomic E-state index is 12.5. The zero-order chi connectivity index (χ0) is 21.8. The molecule has 10 nitrogen and oxygen atoms in total. The molecule has 1 aromatic carbocycles. The average molecular weight is 419 g/mol. The molecule has 1 aromatic rings. The molecule has 10 heteroatoms. The molecule has 0 spiro atoms. The van der Waals surface area contributed by atoms with E-state index in [-0.39, 0.29) is 35.9 Å². The van der Waals surface area contributed by atoms with Crippen molar-refractivity contribution in [3.63, 3.8) is 0 Å². The third-order valence-corrected chi connectivity index (χ3v) is 5.20. The highest BCUT2D eigenvalue weighted by atomic mass is 16.5. The van der Waals surface area contributed by atoms with Crippen LogP contribution in [0.3, 0.4) is 0 Å². The Balaban J connectivity index is 2.05. The van der Waals surface area contributed by atoms with Gasteiger partial charge in [0.2, 0.25) is 0 Å². The van der Waals surface area contributed by atoms with Crippen LogP contribution in [-0.2, 0) is 23.8 Å². The SMILES string of the molecule is COC(=O)C1=C(C(=O)OC)N(c2ccc(N3CCN(C)CC3)cc2C(=O)O)COC1. The van der Waals surface area contributed by atoms with Crippen molar-refractivity contribution in [2.24, 2.45) is 0 Å². The Bertz CT molecular complexity index is 875. The summed E-state index contributed by atoms with van der Waals surface area (Å²) in [6.45, 7) is 3.06. The maximum absolute atomic E-state index is 12.5. The van der Waals surface area contributed by atoms with Gasteiger partial charge in [0.05, 0.1) is 37.7 Å². The molecule has 0 radical (unpaired) electrons. The van der Waals surface area contributed by atoms with E-state index in [1.54, 1.807) is 18.2 Å². The lowest BCUT2D eigenvalue weighted by atomic mass is 10.1. The molecule has 0 bridgehead atoms. The van der Waals surface area contributed by atoms with Gasteiger partial charge < -0.3 is 34.0 Å². The summed E-state index contributed by atoms with van der Waals surface area (Å²) < 4.78 is 15.0. The quantitative estimate of drug-likeness (QED) is 0.679. The van der Waals surface area contributed by atoms with Crippen molar-refractivity contribution in [3.8, 4) is 0 Å². The van der Waals surface area contributed by atoms with Gasteiger partial charge in [-0.1, -0.05) is 0 Å². The summed E-state index contributed by atoms with van der Waals surface area (Å²) in [6.07, 6.45) is 0. The molecule has 0 aromatic heterocycles. The molecule has 2 aliphatic rings. The third kappa shape index (κ3) is 4.24. The van der Waals surface area contributed by atoms with E-state index >= 15 is 0 Å². The first kappa shape index (κ1) is 21.6. The summed E-state index contributed by atoms with van der Waals surface area (Å²) in [7, 11) is 4.42. The van der Waals surface area contributed by atoms with Gasteiger partial charge >= 0.3 is 17.9 Å². The number of esters is 2. The predicted molar refractivity (Wildman–Crippen MR) is 107 cm³/mol. The number of rotatable bonds is 5. The summed E-state index contributed by atoms with van der Waals surface area (Å²) in [5.41, 5.74) is 0.865. The van der Waals surface area contributed by atoms with Crippen LogP contribution in [0.5, 0.6) is 0 Å². The van der Waals surface area contributed by atoms with Crippen LogP contribution in [0, 0.1) is 0 Å². The summed E-state index contributed by atoms with van der Waals surface area (Å²) in [4.78, 5) is 42.3. The summed E-state index contributed by atoms with van der Waals surface area (Å²) >= 11 is 0. The summed E-state index contributed by atoms with van der Waals surface area (Å²) in [5, 5.41) is 9.85. The van der Waals surface area contributed by atoms with E-state index < -0.39 is 17.9 Å². The van der Waals surface area contributed by atoms with Crippen LogP contribution in [-0.4, -0.2) is 88.7 Å². The second-order valence-corrected chi connectivity index (χ2v) is 7.01. The van der Waals surface area contributed by atoms with E-state index in [4.69, 9.17) is 14.2 Å². The number of anilines is 2. The van der Waals surface area contributed by atoms with Crippen LogP contribution in [0.15, 0.2) is 29.5 Å². The van der Waals surface area contributed by atoms with Crippen LogP contribution in [0.2, 0.25) is 0 Å². The monoisotopic (exact) mass is 419 g/mol. The molecule has 3 rings (SSSR count). The molecular formula is C20H25N3O7. The van der Waals surface area contributed by atoms with Gasteiger partial charge in [0, 0.05) is 31.9 Å². The molecule has 0 saturated carbocycles. The standard InChI is InChI=1S/C20H25N3O7/c1-21-6-8-22(9-7-21)13-4-5-16(14(10-13)18(24)25)23-12-30-11-15(19(26)28-2)17(23)20(27)29-3/h4-5,10H,6-9,11-12H2,1-3H3,(H,24,25). The predicted octanol–water partition coefficient (Wildman–Crippen LogP) is 0.531. The number of ether oxygens (including phenoxy) is 3. The number of hydrogen-bond acceptors (Lipinski definition) is 9. The largest absolute Gasteiger partial charge is 0.478 e. The number of carbonyl (C=O) groups is 3. The Hall–Kier alpha value is -3.11. The van der Waals surface area contributed by atoms with Crippen molar-refractivity contribution in [2.75, 3.05) is 70.6 Å². The molecule has 1 saturated heterocycles. The van der Waals surface area contributed by atoms with Crippen LogP contribution >= 0.6 is 0 Å². The number of carboxylic acid groups (broad SMARTS) is 1. The number of likely N-dealkylation sites (N-methyl/N-ethyl adjacent to an activating group) is 1. The van der Waals surface area contributed by atoms with Crippen molar-refractivity contribution in [2.45, 2.75) is 0 Å². The first-order valence-electron chi connectivity index (χ1n) is 9.43. The fourth-order valence-corrected chi connectivity index (χ4v) is 3.53. The average Bonchev–Trinajstić information content (AvgIpc) is 2.77. The first-order chi connectivity index (χ1) is 14.4. The van der Waals surface area contributed by atoms with Gasteiger partial charge in [0.25, 0.3) is 0 Å². The molecule has 1 fully saturated rings. The Labute approximate surface area is 174 Å². The number of piperazine rings is 1. The van der Waals surface area contributed by atoms with Gasteiger partial charge in [-0.3, -0.25) is 0 Å². The van der Waals surface area contributed by atoms with Crippen LogP contribution in [0.1, 0.15) is 10.4 Å². The van der Waals surface area contributed by atoms with Crippen molar-refractivity contribution >= 4 is 29.3 Å². The Morgan fingerprint density at radius 2 is 1.70 bits per heavy atom. The number of methoxy groups -OCH3 is 2. The van der Waals surface area contributed by atoms with E-state index in [9.17, 15) is 19.5 Å². The highest BCUT2D eigenvalue weighted by Crippen LogP contribution is 2.32. The fourth-order valence-electron chi connectivity index (χ4n) is 3.53. The van der Waals surface area contributed by atoms with Crippen molar-refractivity contribution < 1.29 is 33.7 Å². The van der Waals surface area contributed by atoms with Crippen molar-refractivity contribution in [1.82, 2.24) is 4.90 Å². The van der Waals surface area contributed by atoms with E-state index in [0.29, 0.717) is 0 Å². The van der Waals surface area contributed by atoms with Crippen LogP contribution in [0.25, 0.3) is 0 Å². The highest BCUT2D eigenvalue weighted by molar-refractivity contribution is 6.05. The molecule has 30 heavy (non-hydrogen) atoms. The van der Waals surface area contributed by atoms with Crippen LogP contribution < -0.4 is 9.80 Å². The van der Waals surface area contributed by atoms with Gasteiger partial charge in [0.15, 0.2) is 0 Å². The number of aromatic carboxylic acids is 1. The number of nitrogens with zero attached hydrogens (tertiary/aromatic N) is 3. The van der Waals surface area contributed by atoms with Crippen LogP contribution in [0.4, 0.5) is 11.4 Å². The fraction of sp³-hybridized carbons (Fsp3) is 0.450. The lowest BCUT2D eigenvalue weighted by Crippen LogP contribution is -2.44. The van der Waals surface area contributed by atoms with E-state index in [0.717, 1.165) is 31.9 Å². The first-order valence-corrected chi connectivity index (χ1v) is 9.43. The molecule has 162 valence electrons. The van der Waals surface area contributed by atoms with Gasteiger partial charge in [-0.05, 0) is 25.2 Å². The smallest absolute Gasteiger partial charge is 0.355 e. The molecular weight excluding hydrogens is 394 g/mol. The normalized spacial score (nSPS) is 17.7. The molecule has 2 heterocycles. The molecule has 1 N–H and O–H groups in total. The molecule has 0 unspecified atom stereocenters. The zero-order valence-electron chi connectivity index (χ0n) is 17.2. The lowest BCUT2D eigenvalue weighted by Gasteiger charge is -2.35. The van der Waals surface area contributed by atoms with Crippen molar-refractivity contribution in [3.05, 3.63) is 35.0 Å². The number of carboxylic acids is 1. The number of benzene rings is 1. The minimum Gasteiger partial charge on any atom is -0.478 e. The second-order valence-electron chi connectivity index (χ2n) is 7.01. The highest BCUT2D eigenvalue weighted by Gasteiger charge is 2.34. The van der Waals surface area contributed by atoms with Gasteiger partial charge in [0.1, 0.15) is 12.4 Å². The van der Waals surface area contributed by atoms with Gasteiger partial charge in [-0.15, -0.1) is 0 Å². The van der Waals surface area contributed by atoms with E-state index in [1.807, 2.05) is 7.05 Å². The minimum absolute atomic E-state index is 0.0115. The van der Waals surface area contributed by atoms with Crippen molar-refractivity contribution in [1.29, 1.82) is 0 Å². The Morgan fingerprint density at radius 1 is 1.03 bits per heavy atom. The van der Waals surface area contributed by atoms with E-state index in [1.165, 1.54) is 19.1 Å². The topological polar surface area (TPSA) is 109 Å². The zero-order valence-corrected chi connectivity index (χ0v) is 17.2. The Morgan fingerprint density at radius 3 is 2.30 bits per heavy atom. The number of carbonyl (C=O) groups excluding carboxylic acids is 2. The minimum atomic E-state index is -1.16. The lowest BCUT2D eigenvalue weighted by molar-refractivity contribution is -0.140.